The molecule has 0 aliphatic rings. The van der Waals surface area contributed by atoms with Crippen molar-refractivity contribution in [3.05, 3.63) is 40.5 Å². The van der Waals surface area contributed by atoms with Gasteiger partial charge in [0.2, 0.25) is 5.89 Å². The fourth-order valence-corrected chi connectivity index (χ4v) is 3.80. The van der Waals surface area contributed by atoms with E-state index in [2.05, 4.69) is 20.4 Å². The van der Waals surface area contributed by atoms with Gasteiger partial charge in [-0.05, 0) is 31.5 Å². The van der Waals surface area contributed by atoms with Crippen LogP contribution in [0.15, 0.2) is 22.7 Å². The number of rotatable bonds is 9. The number of nitrogens with one attached hydrogen (secondary N) is 1. The van der Waals surface area contributed by atoms with Crippen LogP contribution in [0.5, 0.6) is 11.5 Å². The second-order valence-corrected chi connectivity index (χ2v) is 8.06. The molecule has 0 radical (unpaired) electrons. The van der Waals surface area contributed by atoms with Gasteiger partial charge in [0.25, 0.3) is 5.91 Å². The van der Waals surface area contributed by atoms with E-state index < -0.39 is 0 Å². The molecule has 0 aliphatic carbocycles. The lowest BCUT2D eigenvalue weighted by atomic mass is 10.2. The highest BCUT2D eigenvalue weighted by Crippen LogP contribution is 2.34. The molecule has 2 aromatic heterocycles. The first kappa shape index (κ1) is 21.8. The van der Waals surface area contributed by atoms with Gasteiger partial charge in [-0.2, -0.15) is 4.98 Å². The lowest BCUT2D eigenvalue weighted by Gasteiger charge is -2.08. The first-order valence-corrected chi connectivity index (χ1v) is 10.5. The molecule has 0 atom stereocenters. The zero-order chi connectivity index (χ0) is 21.7. The van der Waals surface area contributed by atoms with E-state index in [1.807, 2.05) is 39.0 Å². The molecule has 1 aromatic carbocycles. The van der Waals surface area contributed by atoms with Gasteiger partial charge in [0, 0.05) is 24.4 Å². The molecule has 0 aliphatic heterocycles. The van der Waals surface area contributed by atoms with Crippen LogP contribution in [0.1, 0.15) is 53.3 Å². The predicted octanol–water partition coefficient (Wildman–Crippen LogP) is 4.00. The summed E-state index contributed by atoms with van der Waals surface area (Å²) in [5, 5.41) is 7.64. The quantitative estimate of drug-likeness (QED) is 0.512. The van der Waals surface area contributed by atoms with Crippen LogP contribution in [0.2, 0.25) is 0 Å². The highest BCUT2D eigenvalue weighted by atomic mass is 32.1. The molecule has 0 saturated carbocycles. The van der Waals surface area contributed by atoms with Crippen molar-refractivity contribution in [2.75, 3.05) is 20.8 Å². The van der Waals surface area contributed by atoms with Gasteiger partial charge in [-0.25, -0.2) is 4.98 Å². The Morgan fingerprint density at radius 3 is 2.63 bits per heavy atom. The molecular weight excluding hydrogens is 404 g/mol. The van der Waals surface area contributed by atoms with E-state index in [0.717, 1.165) is 10.6 Å². The Morgan fingerprint density at radius 2 is 1.97 bits per heavy atom. The molecule has 3 rings (SSSR count). The third kappa shape index (κ3) is 4.96. The number of aryl methyl sites for hydroxylation is 2. The first-order valence-electron chi connectivity index (χ1n) is 9.73. The summed E-state index contributed by atoms with van der Waals surface area (Å²) in [7, 11) is 3.18. The summed E-state index contributed by atoms with van der Waals surface area (Å²) >= 11 is 1.35. The molecule has 9 heteroatoms. The maximum absolute atomic E-state index is 12.6. The van der Waals surface area contributed by atoms with Crippen LogP contribution in [-0.2, 0) is 6.42 Å². The average molecular weight is 431 g/mol. The van der Waals surface area contributed by atoms with Crippen molar-refractivity contribution in [2.45, 2.75) is 39.5 Å². The standard InChI is InChI=1S/C21H26N4O4S/c1-12(2)19-24-17(29-25-19)7-6-10-22-20(26)18-13(3)23-21(30-18)14-8-9-15(27-4)16(11-14)28-5/h8-9,11-12H,6-7,10H2,1-5H3,(H,22,26). The SMILES string of the molecule is COc1ccc(-c2nc(C)c(C(=O)NCCCc3nc(C(C)C)no3)s2)cc1OC. The molecular formula is C21H26N4O4S. The Bertz CT molecular complexity index is 1010. The van der Waals surface area contributed by atoms with Gasteiger partial charge in [0.1, 0.15) is 9.88 Å². The smallest absolute Gasteiger partial charge is 0.263 e. The molecule has 0 unspecified atom stereocenters. The summed E-state index contributed by atoms with van der Waals surface area (Å²) in [6, 6.07) is 5.58. The number of thiazole rings is 1. The maximum atomic E-state index is 12.6. The van der Waals surface area contributed by atoms with E-state index in [9.17, 15) is 4.79 Å². The van der Waals surface area contributed by atoms with E-state index >= 15 is 0 Å². The monoisotopic (exact) mass is 430 g/mol. The Labute approximate surface area is 179 Å². The number of carbonyl (C=O) groups excluding carboxylic acids is 1. The van der Waals surface area contributed by atoms with Gasteiger partial charge in [-0.1, -0.05) is 19.0 Å². The van der Waals surface area contributed by atoms with Gasteiger partial charge in [-0.3, -0.25) is 4.79 Å². The lowest BCUT2D eigenvalue weighted by molar-refractivity contribution is 0.0956. The summed E-state index contributed by atoms with van der Waals surface area (Å²) in [5.74, 6) is 2.67. The van der Waals surface area contributed by atoms with Gasteiger partial charge >= 0.3 is 0 Å². The van der Waals surface area contributed by atoms with Crippen LogP contribution in [-0.4, -0.2) is 41.8 Å². The molecule has 160 valence electrons. The molecule has 0 bridgehead atoms. The van der Waals surface area contributed by atoms with E-state index in [1.54, 1.807) is 14.2 Å². The number of methoxy groups -OCH3 is 2. The highest BCUT2D eigenvalue weighted by molar-refractivity contribution is 7.17. The molecule has 1 amide bonds. The average Bonchev–Trinajstić information content (AvgIpc) is 3.37. The molecule has 0 saturated heterocycles. The van der Waals surface area contributed by atoms with Crippen LogP contribution in [0.3, 0.4) is 0 Å². The Hall–Kier alpha value is -2.94. The molecule has 2 heterocycles. The highest BCUT2D eigenvalue weighted by Gasteiger charge is 2.17. The molecule has 8 nitrogen and oxygen atoms in total. The third-order valence-corrected chi connectivity index (χ3v) is 5.69. The minimum absolute atomic E-state index is 0.134. The Morgan fingerprint density at radius 1 is 1.20 bits per heavy atom. The van der Waals surface area contributed by atoms with E-state index in [1.165, 1.54) is 11.3 Å². The van der Waals surface area contributed by atoms with E-state index in [0.29, 0.717) is 53.2 Å². The number of ether oxygens (including phenoxy) is 2. The lowest BCUT2D eigenvalue weighted by Crippen LogP contribution is -2.24. The fourth-order valence-electron chi connectivity index (χ4n) is 2.83. The Balaban J connectivity index is 1.59. The van der Waals surface area contributed by atoms with Crippen LogP contribution in [0, 0.1) is 6.92 Å². The molecule has 3 aromatic rings. The number of nitrogens with zero attached hydrogens (tertiary/aromatic N) is 3. The zero-order valence-electron chi connectivity index (χ0n) is 17.8. The summed E-state index contributed by atoms with van der Waals surface area (Å²) in [5.41, 5.74) is 1.57. The number of hydrogen-bond donors (Lipinski definition) is 1. The van der Waals surface area contributed by atoms with Crippen molar-refractivity contribution < 1.29 is 18.8 Å². The van der Waals surface area contributed by atoms with Crippen molar-refractivity contribution in [3.8, 4) is 22.1 Å². The second-order valence-electron chi connectivity index (χ2n) is 7.06. The van der Waals surface area contributed by atoms with Crippen LogP contribution >= 0.6 is 11.3 Å². The zero-order valence-corrected chi connectivity index (χ0v) is 18.6. The number of amides is 1. The van der Waals surface area contributed by atoms with E-state index in [-0.39, 0.29) is 11.8 Å². The third-order valence-electron chi connectivity index (χ3n) is 4.49. The van der Waals surface area contributed by atoms with E-state index in [4.69, 9.17) is 14.0 Å². The minimum Gasteiger partial charge on any atom is -0.493 e. The van der Waals surface area contributed by atoms with Crippen LogP contribution in [0.4, 0.5) is 0 Å². The Kier molecular flexibility index (Phi) is 7.04. The van der Waals surface area contributed by atoms with Crippen molar-refractivity contribution in [2.24, 2.45) is 0 Å². The summed E-state index contributed by atoms with van der Waals surface area (Å²) in [6.45, 7) is 6.38. The van der Waals surface area contributed by atoms with Gasteiger partial charge < -0.3 is 19.3 Å². The molecule has 0 spiro atoms. The van der Waals surface area contributed by atoms with Gasteiger partial charge in [0.15, 0.2) is 17.3 Å². The largest absolute Gasteiger partial charge is 0.493 e. The number of aromatic nitrogens is 3. The summed E-state index contributed by atoms with van der Waals surface area (Å²) in [4.78, 5) is 22.1. The molecule has 1 N–H and O–H groups in total. The summed E-state index contributed by atoms with van der Waals surface area (Å²) < 4.78 is 15.9. The fraction of sp³-hybridized carbons (Fsp3) is 0.429. The molecule has 0 fully saturated rings. The maximum Gasteiger partial charge on any atom is 0.263 e. The molecule has 30 heavy (non-hydrogen) atoms. The summed E-state index contributed by atoms with van der Waals surface area (Å²) in [6.07, 6.45) is 1.34. The van der Waals surface area contributed by atoms with Crippen LogP contribution in [0.25, 0.3) is 10.6 Å². The van der Waals surface area contributed by atoms with Gasteiger partial charge in [0.05, 0.1) is 19.9 Å². The van der Waals surface area contributed by atoms with Gasteiger partial charge in [-0.15, -0.1) is 11.3 Å². The van der Waals surface area contributed by atoms with Crippen molar-refractivity contribution >= 4 is 17.2 Å². The number of hydrogen-bond acceptors (Lipinski definition) is 8. The minimum atomic E-state index is -0.134. The normalized spacial score (nSPS) is 11.0. The van der Waals surface area contributed by atoms with Crippen molar-refractivity contribution in [1.82, 2.24) is 20.4 Å². The predicted molar refractivity (Wildman–Crippen MR) is 114 cm³/mol. The van der Waals surface area contributed by atoms with Crippen molar-refractivity contribution in [1.29, 1.82) is 0 Å². The number of carbonyl (C=O) groups is 1. The topological polar surface area (TPSA) is 99.4 Å². The van der Waals surface area contributed by atoms with Crippen molar-refractivity contribution in [3.63, 3.8) is 0 Å². The second kappa shape index (κ2) is 9.71. The van der Waals surface area contributed by atoms with Crippen LogP contribution < -0.4 is 14.8 Å². The first-order chi connectivity index (χ1) is 14.4. The number of benzene rings is 1.